The average Bonchev–Trinajstić information content (AvgIpc) is 2.84. The fourth-order valence-electron chi connectivity index (χ4n) is 5.35. The van der Waals surface area contributed by atoms with Crippen molar-refractivity contribution in [3.63, 3.8) is 0 Å². The third-order valence-electron chi connectivity index (χ3n) is 7.72. The number of benzene rings is 1. The predicted molar refractivity (Wildman–Crippen MR) is 145 cm³/mol. The van der Waals surface area contributed by atoms with Crippen LogP contribution in [0.15, 0.2) is 42.5 Å². The van der Waals surface area contributed by atoms with Gasteiger partial charge in [0.2, 0.25) is 0 Å². The molecule has 184 valence electrons. The van der Waals surface area contributed by atoms with Gasteiger partial charge in [-0.2, -0.15) is 0 Å². The van der Waals surface area contributed by atoms with E-state index in [-0.39, 0.29) is 0 Å². The van der Waals surface area contributed by atoms with Crippen molar-refractivity contribution >= 4 is 0 Å². The molecule has 32 heavy (non-hydrogen) atoms. The van der Waals surface area contributed by atoms with Crippen molar-refractivity contribution in [1.82, 2.24) is 0 Å². The van der Waals surface area contributed by atoms with Gasteiger partial charge in [0, 0.05) is 12.0 Å². The minimum atomic E-state index is 0.660. The van der Waals surface area contributed by atoms with Crippen LogP contribution in [0.25, 0.3) is 0 Å². The molecule has 1 heteroatoms. The number of quaternary nitrogens is 1. The number of hydrogen-bond donors (Lipinski definition) is 0. The SMILES string of the molecule is CCCCCCCCC=CCCCCCCCCC(c1ccccc1)[N+](CC)(CC)CC. The van der Waals surface area contributed by atoms with Gasteiger partial charge in [-0.25, -0.2) is 0 Å². The molecule has 1 nitrogen and oxygen atoms in total. The zero-order valence-electron chi connectivity index (χ0n) is 22.3. The Hall–Kier alpha value is -1.08. The van der Waals surface area contributed by atoms with Gasteiger partial charge in [0.1, 0.15) is 6.04 Å². The fourth-order valence-corrected chi connectivity index (χ4v) is 5.35. The Balaban J connectivity index is 2.16. The first kappa shape index (κ1) is 29.0. The maximum Gasteiger partial charge on any atom is 0.115 e. The summed E-state index contributed by atoms with van der Waals surface area (Å²) in [6.45, 7) is 13.1. The van der Waals surface area contributed by atoms with Gasteiger partial charge in [-0.3, -0.25) is 0 Å². The Kier molecular flexibility index (Phi) is 17.5. The summed E-state index contributed by atoms with van der Waals surface area (Å²) in [6.07, 6.45) is 25.6. The van der Waals surface area contributed by atoms with Gasteiger partial charge in [0.05, 0.1) is 19.6 Å². The van der Waals surface area contributed by atoms with Crippen LogP contribution in [0.1, 0.15) is 136 Å². The fraction of sp³-hybridized carbons (Fsp3) is 0.742. The molecule has 0 saturated heterocycles. The quantitative estimate of drug-likeness (QED) is 0.101. The molecule has 1 unspecified atom stereocenters. The van der Waals surface area contributed by atoms with Crippen LogP contribution in [0, 0.1) is 0 Å². The minimum absolute atomic E-state index is 0.660. The normalized spacial score (nSPS) is 13.1. The highest BCUT2D eigenvalue weighted by Gasteiger charge is 2.32. The highest BCUT2D eigenvalue weighted by atomic mass is 15.4. The van der Waals surface area contributed by atoms with E-state index >= 15 is 0 Å². The zero-order chi connectivity index (χ0) is 23.3. The first-order chi connectivity index (χ1) is 15.7. The third kappa shape index (κ3) is 11.7. The molecule has 0 amide bonds. The van der Waals surface area contributed by atoms with E-state index in [1.165, 1.54) is 120 Å². The van der Waals surface area contributed by atoms with Gasteiger partial charge in [0.25, 0.3) is 0 Å². The molecular weight excluding hydrogens is 386 g/mol. The van der Waals surface area contributed by atoms with E-state index in [0.717, 1.165) is 0 Å². The summed E-state index contributed by atoms with van der Waals surface area (Å²) in [5.74, 6) is 0. The summed E-state index contributed by atoms with van der Waals surface area (Å²) in [5, 5.41) is 0. The molecule has 0 bridgehead atoms. The van der Waals surface area contributed by atoms with Crippen LogP contribution >= 0.6 is 0 Å². The lowest BCUT2D eigenvalue weighted by Crippen LogP contribution is -2.50. The second kappa shape index (κ2) is 19.4. The average molecular weight is 443 g/mol. The summed E-state index contributed by atoms with van der Waals surface area (Å²) in [4.78, 5) is 0. The van der Waals surface area contributed by atoms with Gasteiger partial charge < -0.3 is 4.48 Å². The maximum atomic E-state index is 2.44. The molecular formula is C31H56N+. The summed E-state index contributed by atoms with van der Waals surface area (Å²) in [5.41, 5.74) is 1.55. The Morgan fingerprint density at radius 1 is 0.594 bits per heavy atom. The van der Waals surface area contributed by atoms with Gasteiger partial charge in [-0.1, -0.05) is 107 Å². The molecule has 1 aromatic rings. The number of nitrogens with zero attached hydrogens (tertiary/aromatic N) is 1. The largest absolute Gasteiger partial charge is 0.318 e. The van der Waals surface area contributed by atoms with Crippen LogP contribution in [0.5, 0.6) is 0 Å². The molecule has 1 rings (SSSR count). The predicted octanol–water partition coefficient (Wildman–Crippen LogP) is 10.0. The van der Waals surface area contributed by atoms with Gasteiger partial charge in [-0.05, 0) is 52.9 Å². The van der Waals surface area contributed by atoms with Crippen molar-refractivity contribution in [3.05, 3.63) is 48.0 Å². The smallest absolute Gasteiger partial charge is 0.115 e. The van der Waals surface area contributed by atoms with Crippen LogP contribution in [0.2, 0.25) is 0 Å². The van der Waals surface area contributed by atoms with Crippen LogP contribution in [0.4, 0.5) is 0 Å². The number of hydrogen-bond acceptors (Lipinski definition) is 0. The van der Waals surface area contributed by atoms with Crippen molar-refractivity contribution in [2.24, 2.45) is 0 Å². The van der Waals surface area contributed by atoms with E-state index in [9.17, 15) is 0 Å². The molecule has 0 fully saturated rings. The topological polar surface area (TPSA) is 0 Å². The molecule has 0 aliphatic carbocycles. The molecule has 0 heterocycles. The molecule has 0 spiro atoms. The Labute approximate surface area is 202 Å². The first-order valence-corrected chi connectivity index (χ1v) is 14.3. The Morgan fingerprint density at radius 2 is 1.06 bits per heavy atom. The number of unbranched alkanes of at least 4 members (excludes halogenated alkanes) is 12. The van der Waals surface area contributed by atoms with Crippen LogP contribution < -0.4 is 0 Å². The minimum Gasteiger partial charge on any atom is -0.318 e. The lowest BCUT2D eigenvalue weighted by molar-refractivity contribution is -0.953. The van der Waals surface area contributed by atoms with E-state index < -0.39 is 0 Å². The summed E-state index contributed by atoms with van der Waals surface area (Å²) < 4.78 is 1.23. The highest BCUT2D eigenvalue weighted by Crippen LogP contribution is 2.33. The monoisotopic (exact) mass is 442 g/mol. The maximum absolute atomic E-state index is 2.44. The molecule has 0 aromatic heterocycles. The molecule has 0 N–H and O–H groups in total. The van der Waals surface area contributed by atoms with E-state index in [4.69, 9.17) is 0 Å². The lowest BCUT2D eigenvalue weighted by Gasteiger charge is -2.43. The van der Waals surface area contributed by atoms with E-state index in [2.05, 4.69) is 70.2 Å². The van der Waals surface area contributed by atoms with Crippen LogP contribution in [-0.4, -0.2) is 24.1 Å². The van der Waals surface area contributed by atoms with Crippen molar-refractivity contribution in [3.8, 4) is 0 Å². The summed E-state index contributed by atoms with van der Waals surface area (Å²) >= 11 is 0. The molecule has 0 aliphatic heterocycles. The number of rotatable bonds is 21. The molecule has 0 aliphatic rings. The lowest BCUT2D eigenvalue weighted by atomic mass is 9.95. The third-order valence-corrected chi connectivity index (χ3v) is 7.72. The van der Waals surface area contributed by atoms with Crippen molar-refractivity contribution in [1.29, 1.82) is 0 Å². The van der Waals surface area contributed by atoms with Crippen LogP contribution in [0.3, 0.4) is 0 Å². The number of allylic oxidation sites excluding steroid dienone is 2. The van der Waals surface area contributed by atoms with Gasteiger partial charge >= 0.3 is 0 Å². The first-order valence-electron chi connectivity index (χ1n) is 14.3. The molecule has 1 atom stereocenters. The van der Waals surface area contributed by atoms with Crippen molar-refractivity contribution in [2.45, 2.75) is 130 Å². The Morgan fingerprint density at radius 3 is 1.56 bits per heavy atom. The van der Waals surface area contributed by atoms with Gasteiger partial charge in [0.15, 0.2) is 0 Å². The van der Waals surface area contributed by atoms with E-state index in [1.807, 2.05) is 0 Å². The second-order valence-corrected chi connectivity index (χ2v) is 9.82. The highest BCUT2D eigenvalue weighted by molar-refractivity contribution is 5.17. The van der Waals surface area contributed by atoms with E-state index in [0.29, 0.717) is 6.04 Å². The zero-order valence-corrected chi connectivity index (χ0v) is 22.3. The van der Waals surface area contributed by atoms with Gasteiger partial charge in [-0.15, -0.1) is 0 Å². The van der Waals surface area contributed by atoms with E-state index in [1.54, 1.807) is 5.56 Å². The van der Waals surface area contributed by atoms with Crippen LogP contribution in [-0.2, 0) is 0 Å². The molecule has 1 aromatic carbocycles. The summed E-state index contributed by atoms with van der Waals surface area (Å²) in [7, 11) is 0. The van der Waals surface area contributed by atoms with Crippen molar-refractivity contribution < 1.29 is 4.48 Å². The summed E-state index contributed by atoms with van der Waals surface area (Å²) in [6, 6.07) is 12.0. The molecule has 0 saturated carbocycles. The Bertz CT molecular complexity index is 535. The standard InChI is InChI=1S/C31H56N/c1-5-9-10-11-12-13-14-15-16-17-18-19-20-21-22-26-29-31(30-27-24-23-25-28-30)32(6-2,7-3)8-4/h15-16,23-25,27-28,31H,5-14,17-22,26,29H2,1-4H3/q+1. The van der Waals surface area contributed by atoms with Crippen molar-refractivity contribution in [2.75, 3.05) is 19.6 Å². The molecule has 0 radical (unpaired) electrons. The second-order valence-electron chi connectivity index (χ2n) is 9.82.